The molecule has 0 bridgehead atoms. The Hall–Kier alpha value is -1.22. The first-order valence-corrected chi connectivity index (χ1v) is 5.03. The minimum Gasteiger partial charge on any atom is -0.317 e. The Bertz CT molecular complexity index is 304. The normalized spacial score (nSPS) is 18.0. The molecule has 0 saturated carbocycles. The lowest BCUT2D eigenvalue weighted by Gasteiger charge is -2.21. The third kappa shape index (κ3) is 1.99. The Morgan fingerprint density at radius 3 is 2.57 bits per heavy atom. The first-order valence-electron chi connectivity index (χ1n) is 5.03. The summed E-state index contributed by atoms with van der Waals surface area (Å²) < 4.78 is 0. The summed E-state index contributed by atoms with van der Waals surface area (Å²) in [5.74, 6) is 0.479. The molecule has 0 amide bonds. The number of nitrogens with zero attached hydrogens (tertiary/aromatic N) is 1. The number of carbonyl (C=O) groups is 1. The summed E-state index contributed by atoms with van der Waals surface area (Å²) in [5.41, 5.74) is 0.798. The summed E-state index contributed by atoms with van der Waals surface area (Å²) in [6, 6.07) is 3.59. The fourth-order valence-electron chi connectivity index (χ4n) is 1.84. The summed E-state index contributed by atoms with van der Waals surface area (Å²) in [4.78, 5) is 15.9. The van der Waals surface area contributed by atoms with Crippen LogP contribution in [0.5, 0.6) is 0 Å². The van der Waals surface area contributed by atoms with Crippen molar-refractivity contribution in [3.8, 4) is 0 Å². The number of rotatable bonds is 2. The molecule has 0 spiro atoms. The molecule has 1 aromatic rings. The zero-order valence-corrected chi connectivity index (χ0v) is 8.07. The van der Waals surface area contributed by atoms with E-state index in [1.807, 2.05) is 0 Å². The van der Waals surface area contributed by atoms with Gasteiger partial charge in [0.15, 0.2) is 5.78 Å². The van der Waals surface area contributed by atoms with Crippen molar-refractivity contribution in [2.45, 2.75) is 12.8 Å². The van der Waals surface area contributed by atoms with Gasteiger partial charge in [-0.05, 0) is 38.1 Å². The van der Waals surface area contributed by atoms with Gasteiger partial charge in [-0.1, -0.05) is 0 Å². The quantitative estimate of drug-likeness (QED) is 0.714. The van der Waals surface area contributed by atoms with Gasteiger partial charge in [-0.25, -0.2) is 0 Å². The monoisotopic (exact) mass is 190 g/mol. The van der Waals surface area contributed by atoms with Gasteiger partial charge in [0.25, 0.3) is 0 Å². The highest BCUT2D eigenvalue weighted by atomic mass is 16.1. The summed E-state index contributed by atoms with van der Waals surface area (Å²) in [6.07, 6.45) is 5.27. The molecule has 3 heteroatoms. The molecule has 0 unspecified atom stereocenters. The fraction of sp³-hybridized carbons (Fsp3) is 0.455. The SMILES string of the molecule is O=C(c1ccncc1)C1CCNCC1. The molecule has 3 nitrogen and oxygen atoms in total. The van der Waals surface area contributed by atoms with E-state index in [0.29, 0.717) is 0 Å². The average molecular weight is 190 g/mol. The number of pyridine rings is 1. The molecular formula is C11H14N2O. The third-order valence-electron chi connectivity index (χ3n) is 2.67. The molecule has 74 valence electrons. The van der Waals surface area contributed by atoms with E-state index in [2.05, 4.69) is 10.3 Å². The maximum atomic E-state index is 11.9. The molecule has 0 atom stereocenters. The highest BCUT2D eigenvalue weighted by Crippen LogP contribution is 2.17. The maximum absolute atomic E-state index is 11.9. The van der Waals surface area contributed by atoms with E-state index in [0.717, 1.165) is 31.5 Å². The van der Waals surface area contributed by atoms with Crippen LogP contribution in [-0.4, -0.2) is 23.9 Å². The minimum atomic E-state index is 0.207. The largest absolute Gasteiger partial charge is 0.317 e. The van der Waals surface area contributed by atoms with Crippen LogP contribution in [0.1, 0.15) is 23.2 Å². The third-order valence-corrected chi connectivity index (χ3v) is 2.67. The van der Waals surface area contributed by atoms with Gasteiger partial charge < -0.3 is 5.32 Å². The number of aromatic nitrogens is 1. The molecule has 0 aromatic carbocycles. The van der Waals surface area contributed by atoms with E-state index >= 15 is 0 Å². The molecule has 2 heterocycles. The number of nitrogens with one attached hydrogen (secondary N) is 1. The number of hydrogen-bond donors (Lipinski definition) is 1. The Morgan fingerprint density at radius 2 is 1.93 bits per heavy atom. The van der Waals surface area contributed by atoms with Crippen LogP contribution in [0.25, 0.3) is 0 Å². The molecular weight excluding hydrogens is 176 g/mol. The second-order valence-electron chi connectivity index (χ2n) is 3.62. The van der Waals surface area contributed by atoms with E-state index in [1.165, 1.54) is 0 Å². The van der Waals surface area contributed by atoms with Gasteiger partial charge >= 0.3 is 0 Å². The molecule has 2 rings (SSSR count). The van der Waals surface area contributed by atoms with E-state index in [9.17, 15) is 4.79 Å². The molecule has 1 aliphatic rings. The Morgan fingerprint density at radius 1 is 1.29 bits per heavy atom. The van der Waals surface area contributed by atoms with Gasteiger partial charge in [-0.3, -0.25) is 9.78 Å². The van der Waals surface area contributed by atoms with Crippen molar-refractivity contribution in [1.29, 1.82) is 0 Å². The van der Waals surface area contributed by atoms with E-state index < -0.39 is 0 Å². The van der Waals surface area contributed by atoms with Gasteiger partial charge in [0.05, 0.1) is 0 Å². The van der Waals surface area contributed by atoms with Gasteiger partial charge in [-0.15, -0.1) is 0 Å². The van der Waals surface area contributed by atoms with Crippen molar-refractivity contribution in [1.82, 2.24) is 10.3 Å². The summed E-state index contributed by atoms with van der Waals surface area (Å²) in [7, 11) is 0. The molecule has 1 aliphatic heterocycles. The van der Waals surface area contributed by atoms with Gasteiger partial charge in [0.1, 0.15) is 0 Å². The predicted molar refractivity (Wildman–Crippen MR) is 54.2 cm³/mol. The van der Waals surface area contributed by atoms with Crippen molar-refractivity contribution in [3.05, 3.63) is 30.1 Å². The molecule has 1 N–H and O–H groups in total. The minimum absolute atomic E-state index is 0.207. The van der Waals surface area contributed by atoms with Crippen LogP contribution in [0.15, 0.2) is 24.5 Å². The fourth-order valence-corrected chi connectivity index (χ4v) is 1.84. The summed E-state index contributed by atoms with van der Waals surface area (Å²) in [6.45, 7) is 1.92. The first kappa shape index (κ1) is 9.34. The Balaban J connectivity index is 2.07. The Kier molecular flexibility index (Phi) is 2.89. The maximum Gasteiger partial charge on any atom is 0.166 e. The van der Waals surface area contributed by atoms with Crippen LogP contribution in [0.3, 0.4) is 0 Å². The molecule has 14 heavy (non-hydrogen) atoms. The van der Waals surface area contributed by atoms with E-state index in [1.54, 1.807) is 24.5 Å². The number of hydrogen-bond acceptors (Lipinski definition) is 3. The lowest BCUT2D eigenvalue weighted by Crippen LogP contribution is -2.31. The van der Waals surface area contributed by atoms with E-state index in [4.69, 9.17) is 0 Å². The number of carbonyl (C=O) groups excluding carboxylic acids is 1. The molecule has 0 radical (unpaired) electrons. The number of ketones is 1. The average Bonchev–Trinajstić information content (AvgIpc) is 2.30. The van der Waals surface area contributed by atoms with Crippen LogP contribution in [0.4, 0.5) is 0 Å². The van der Waals surface area contributed by atoms with Crippen molar-refractivity contribution in [2.24, 2.45) is 5.92 Å². The van der Waals surface area contributed by atoms with Crippen LogP contribution >= 0.6 is 0 Å². The van der Waals surface area contributed by atoms with Crippen molar-refractivity contribution in [3.63, 3.8) is 0 Å². The summed E-state index contributed by atoms with van der Waals surface area (Å²) in [5, 5.41) is 3.26. The van der Waals surface area contributed by atoms with E-state index in [-0.39, 0.29) is 11.7 Å². The van der Waals surface area contributed by atoms with Gasteiger partial charge in [-0.2, -0.15) is 0 Å². The van der Waals surface area contributed by atoms with Crippen LogP contribution in [0.2, 0.25) is 0 Å². The van der Waals surface area contributed by atoms with Crippen molar-refractivity contribution in [2.75, 3.05) is 13.1 Å². The van der Waals surface area contributed by atoms with Gasteiger partial charge in [0.2, 0.25) is 0 Å². The highest BCUT2D eigenvalue weighted by Gasteiger charge is 2.21. The first-order chi connectivity index (χ1) is 6.88. The smallest absolute Gasteiger partial charge is 0.166 e. The predicted octanol–water partition coefficient (Wildman–Crippen LogP) is 1.26. The second-order valence-corrected chi connectivity index (χ2v) is 3.62. The standard InChI is InChI=1S/C11H14N2O/c14-11(9-1-5-12-6-2-9)10-3-7-13-8-4-10/h1-2,5-6,10,13H,3-4,7-8H2. The molecule has 1 saturated heterocycles. The van der Waals surface area contributed by atoms with Crippen LogP contribution < -0.4 is 5.32 Å². The second kappa shape index (κ2) is 4.33. The lowest BCUT2D eigenvalue weighted by molar-refractivity contribution is 0.0895. The van der Waals surface area contributed by atoms with Gasteiger partial charge in [0, 0.05) is 23.9 Å². The molecule has 1 aromatic heterocycles. The lowest BCUT2D eigenvalue weighted by atomic mass is 9.90. The number of Topliss-reactive ketones (excluding diaryl/α,β-unsaturated/α-hetero) is 1. The highest BCUT2D eigenvalue weighted by molar-refractivity contribution is 5.97. The van der Waals surface area contributed by atoms with Crippen LogP contribution in [-0.2, 0) is 0 Å². The summed E-state index contributed by atoms with van der Waals surface area (Å²) >= 11 is 0. The zero-order valence-electron chi connectivity index (χ0n) is 8.07. The topological polar surface area (TPSA) is 42.0 Å². The number of piperidine rings is 1. The van der Waals surface area contributed by atoms with Crippen molar-refractivity contribution >= 4 is 5.78 Å². The van der Waals surface area contributed by atoms with Crippen molar-refractivity contribution < 1.29 is 4.79 Å². The zero-order chi connectivity index (χ0) is 9.80. The van der Waals surface area contributed by atoms with Crippen LogP contribution in [0, 0.1) is 5.92 Å². The Labute approximate surface area is 83.5 Å². The molecule has 1 fully saturated rings. The molecule has 0 aliphatic carbocycles.